The van der Waals surface area contributed by atoms with Crippen LogP contribution in [-0.4, -0.2) is 36.5 Å². The Morgan fingerprint density at radius 2 is 1.46 bits per heavy atom. The molecule has 230 valence electrons. The molecule has 0 fully saturated rings. The number of halogens is 6. The standard InChI is InChI=1S/C32H42F6OS2/c1-30(24-13-15-25(33)16-14-24)23-41-29-22-26(39-2)17-18-27(29)28(30)12-9-7-5-3-4-6-8-10-20-40-21-11-19-31(34,35)32(36,37)38/h13-18,22,28H,3-12,19-21,23H2,1-2H3. The van der Waals surface area contributed by atoms with Crippen LogP contribution in [0.3, 0.4) is 0 Å². The Bertz CT molecular complexity index is 1060. The minimum atomic E-state index is -5.45. The van der Waals surface area contributed by atoms with E-state index in [1.54, 1.807) is 19.2 Å². The van der Waals surface area contributed by atoms with E-state index in [1.165, 1.54) is 40.6 Å². The summed E-state index contributed by atoms with van der Waals surface area (Å²) >= 11 is 3.31. The molecule has 0 bridgehead atoms. The number of alkyl halides is 5. The zero-order valence-corrected chi connectivity index (χ0v) is 25.6. The van der Waals surface area contributed by atoms with Crippen LogP contribution < -0.4 is 4.74 Å². The van der Waals surface area contributed by atoms with Gasteiger partial charge < -0.3 is 4.74 Å². The van der Waals surface area contributed by atoms with Crippen LogP contribution >= 0.6 is 23.5 Å². The number of thioether (sulfide) groups is 2. The number of fused-ring (bicyclic) bond motifs is 1. The highest BCUT2D eigenvalue weighted by Crippen LogP contribution is 2.52. The van der Waals surface area contributed by atoms with Crippen LogP contribution in [0.1, 0.15) is 94.6 Å². The molecule has 0 radical (unpaired) electrons. The quantitative estimate of drug-likeness (QED) is 0.129. The van der Waals surface area contributed by atoms with Crippen molar-refractivity contribution in [3.05, 3.63) is 59.4 Å². The Labute approximate surface area is 249 Å². The van der Waals surface area contributed by atoms with Gasteiger partial charge in [0.25, 0.3) is 0 Å². The van der Waals surface area contributed by atoms with Crippen molar-refractivity contribution in [3.63, 3.8) is 0 Å². The van der Waals surface area contributed by atoms with Gasteiger partial charge in [0.2, 0.25) is 0 Å². The van der Waals surface area contributed by atoms with E-state index >= 15 is 0 Å². The smallest absolute Gasteiger partial charge is 0.453 e. The van der Waals surface area contributed by atoms with Crippen molar-refractivity contribution in [2.24, 2.45) is 0 Å². The van der Waals surface area contributed by atoms with E-state index in [2.05, 4.69) is 19.1 Å². The maximum absolute atomic E-state index is 13.7. The highest BCUT2D eigenvalue weighted by Gasteiger charge is 2.56. The zero-order chi connectivity index (χ0) is 29.9. The predicted molar refractivity (Wildman–Crippen MR) is 159 cm³/mol. The van der Waals surface area contributed by atoms with Gasteiger partial charge in [0.05, 0.1) is 7.11 Å². The van der Waals surface area contributed by atoms with Gasteiger partial charge in [-0.05, 0) is 72.1 Å². The maximum Gasteiger partial charge on any atom is 0.453 e. The lowest BCUT2D eigenvalue weighted by Crippen LogP contribution is -2.36. The van der Waals surface area contributed by atoms with Crippen LogP contribution in [0.5, 0.6) is 5.75 Å². The van der Waals surface area contributed by atoms with E-state index in [1.807, 2.05) is 30.0 Å². The van der Waals surface area contributed by atoms with Crippen molar-refractivity contribution < 1.29 is 31.1 Å². The average Bonchev–Trinajstić information content (AvgIpc) is 2.93. The molecule has 2 atom stereocenters. The summed E-state index contributed by atoms with van der Waals surface area (Å²) in [5.41, 5.74) is 2.44. The van der Waals surface area contributed by atoms with Crippen molar-refractivity contribution in [1.29, 1.82) is 0 Å². The van der Waals surface area contributed by atoms with Crippen LogP contribution in [0.2, 0.25) is 0 Å². The molecule has 9 heteroatoms. The van der Waals surface area contributed by atoms with Crippen LogP contribution in [0.15, 0.2) is 47.4 Å². The van der Waals surface area contributed by atoms with Gasteiger partial charge in [-0.1, -0.05) is 70.1 Å². The topological polar surface area (TPSA) is 9.23 Å². The Balaban J connectivity index is 1.35. The molecule has 0 spiro atoms. The number of ether oxygens (including phenoxy) is 1. The van der Waals surface area contributed by atoms with E-state index < -0.39 is 18.5 Å². The number of hydrogen-bond acceptors (Lipinski definition) is 3. The second kappa shape index (κ2) is 15.8. The summed E-state index contributed by atoms with van der Waals surface area (Å²) in [7, 11) is 1.69. The van der Waals surface area contributed by atoms with Crippen LogP contribution in [-0.2, 0) is 5.41 Å². The van der Waals surface area contributed by atoms with Gasteiger partial charge in [-0.2, -0.15) is 33.7 Å². The Morgan fingerprint density at radius 3 is 2.10 bits per heavy atom. The molecule has 1 aliphatic heterocycles. The first-order valence-corrected chi connectivity index (χ1v) is 16.7. The van der Waals surface area contributed by atoms with E-state index in [0.29, 0.717) is 11.7 Å². The van der Waals surface area contributed by atoms with Crippen molar-refractivity contribution in [2.75, 3.05) is 24.4 Å². The van der Waals surface area contributed by atoms with E-state index in [4.69, 9.17) is 4.74 Å². The van der Waals surface area contributed by atoms with Gasteiger partial charge in [0.15, 0.2) is 0 Å². The fourth-order valence-electron chi connectivity index (χ4n) is 5.57. The molecule has 1 aliphatic rings. The highest BCUT2D eigenvalue weighted by molar-refractivity contribution is 7.99. The summed E-state index contributed by atoms with van der Waals surface area (Å²) < 4.78 is 81.5. The molecule has 0 aliphatic carbocycles. The molecular weight excluding hydrogens is 578 g/mol. The predicted octanol–water partition coefficient (Wildman–Crippen LogP) is 11.2. The lowest BCUT2D eigenvalue weighted by Gasteiger charge is -2.43. The SMILES string of the molecule is COc1ccc2c(c1)SCC(C)(c1ccc(F)cc1)C2CCCCCCCCCCSCCCC(F)(F)C(F)(F)F. The van der Waals surface area contributed by atoms with Crippen molar-refractivity contribution >= 4 is 23.5 Å². The van der Waals surface area contributed by atoms with Crippen LogP contribution in [0, 0.1) is 5.82 Å². The van der Waals surface area contributed by atoms with Gasteiger partial charge in [0.1, 0.15) is 11.6 Å². The summed E-state index contributed by atoms with van der Waals surface area (Å²) in [5, 5.41) is 0. The zero-order valence-electron chi connectivity index (χ0n) is 24.0. The summed E-state index contributed by atoms with van der Waals surface area (Å²) in [5.74, 6) is -1.52. The van der Waals surface area contributed by atoms with Crippen molar-refractivity contribution in [2.45, 2.75) is 106 Å². The third kappa shape index (κ3) is 9.77. The molecule has 0 N–H and O–H groups in total. The first-order chi connectivity index (χ1) is 19.5. The fraction of sp³-hybridized carbons (Fsp3) is 0.625. The average molecular weight is 621 g/mol. The molecule has 41 heavy (non-hydrogen) atoms. The maximum atomic E-state index is 13.7. The number of hydrogen-bond donors (Lipinski definition) is 0. The molecule has 1 heterocycles. The molecule has 3 rings (SSSR count). The number of benzene rings is 2. The minimum absolute atomic E-state index is 0.0861. The number of unbranched alkanes of at least 4 members (excludes halogenated alkanes) is 7. The van der Waals surface area contributed by atoms with Gasteiger partial charge in [-0.3, -0.25) is 0 Å². The number of rotatable bonds is 17. The summed E-state index contributed by atoms with van der Waals surface area (Å²) in [6.07, 6.45) is 3.29. The second-order valence-electron chi connectivity index (χ2n) is 11.2. The van der Waals surface area contributed by atoms with Gasteiger partial charge in [-0.15, -0.1) is 11.8 Å². The fourth-order valence-corrected chi connectivity index (χ4v) is 7.93. The van der Waals surface area contributed by atoms with Crippen molar-refractivity contribution in [3.8, 4) is 5.75 Å². The first-order valence-electron chi connectivity index (χ1n) is 14.6. The molecule has 0 aromatic heterocycles. The Kier molecular flexibility index (Phi) is 13.1. The van der Waals surface area contributed by atoms with E-state index in [-0.39, 0.29) is 17.7 Å². The summed E-state index contributed by atoms with van der Waals surface area (Å²) in [6, 6.07) is 13.3. The third-order valence-corrected chi connectivity index (χ3v) is 10.7. The molecule has 0 saturated carbocycles. The van der Waals surface area contributed by atoms with E-state index in [0.717, 1.165) is 62.2 Å². The monoisotopic (exact) mass is 620 g/mol. The van der Waals surface area contributed by atoms with E-state index in [9.17, 15) is 26.3 Å². The van der Waals surface area contributed by atoms with Gasteiger partial charge in [0, 0.05) is 22.5 Å². The molecule has 1 nitrogen and oxygen atoms in total. The summed E-state index contributed by atoms with van der Waals surface area (Å²) in [4.78, 5) is 1.27. The number of methoxy groups -OCH3 is 1. The van der Waals surface area contributed by atoms with Gasteiger partial charge >= 0.3 is 12.1 Å². The second-order valence-corrected chi connectivity index (χ2v) is 13.4. The van der Waals surface area contributed by atoms with Crippen molar-refractivity contribution in [1.82, 2.24) is 0 Å². The molecule has 2 aromatic carbocycles. The lowest BCUT2D eigenvalue weighted by atomic mass is 9.68. The van der Waals surface area contributed by atoms with Gasteiger partial charge in [-0.25, -0.2) is 4.39 Å². The first kappa shape index (κ1) is 34.0. The molecule has 0 amide bonds. The van der Waals surface area contributed by atoms with Crippen LogP contribution in [0.25, 0.3) is 0 Å². The molecule has 0 saturated heterocycles. The van der Waals surface area contributed by atoms with Crippen LogP contribution in [0.4, 0.5) is 26.3 Å². The largest absolute Gasteiger partial charge is 0.497 e. The normalized spacial score (nSPS) is 19.3. The Hall–Kier alpha value is -1.48. The molecule has 2 aromatic rings. The minimum Gasteiger partial charge on any atom is -0.497 e. The lowest BCUT2D eigenvalue weighted by molar-refractivity contribution is -0.284. The molecule has 2 unspecified atom stereocenters. The highest BCUT2D eigenvalue weighted by atomic mass is 32.2. The third-order valence-electron chi connectivity index (χ3n) is 8.12. The molecular formula is C32H42F6OS2. The summed E-state index contributed by atoms with van der Waals surface area (Å²) in [6.45, 7) is 2.31. The Morgan fingerprint density at radius 1 is 0.854 bits per heavy atom.